The van der Waals surface area contributed by atoms with Gasteiger partial charge in [0, 0.05) is 26.2 Å². The fourth-order valence-electron chi connectivity index (χ4n) is 2.88. The molecule has 0 N–H and O–H groups in total. The molecule has 2 aromatic rings. The highest BCUT2D eigenvalue weighted by Crippen LogP contribution is 2.18. The molecular weight excluding hydrogens is 320 g/mol. The molecule has 1 aromatic heterocycles. The number of aryl methyl sites for hydroxylation is 1. The predicted octanol–water partition coefficient (Wildman–Crippen LogP) is 2.21. The van der Waals surface area contributed by atoms with Crippen molar-refractivity contribution in [3.8, 4) is 5.75 Å². The van der Waals surface area contributed by atoms with Gasteiger partial charge < -0.3 is 19.0 Å². The second-order valence-electron chi connectivity index (χ2n) is 5.90. The Morgan fingerprint density at radius 3 is 2.44 bits per heavy atom. The van der Waals surface area contributed by atoms with E-state index in [1.165, 1.54) is 6.26 Å². The summed E-state index contributed by atoms with van der Waals surface area (Å²) < 4.78 is 10.8. The molecule has 0 atom stereocenters. The van der Waals surface area contributed by atoms with Crippen molar-refractivity contribution in [2.45, 2.75) is 13.3 Å². The minimum absolute atomic E-state index is 0.0170. The van der Waals surface area contributed by atoms with Crippen molar-refractivity contribution >= 4 is 11.8 Å². The third-order valence-electron chi connectivity index (χ3n) is 4.36. The van der Waals surface area contributed by atoms with Gasteiger partial charge in [0.05, 0.1) is 6.26 Å². The minimum Gasteiger partial charge on any atom is -0.483 e. The zero-order valence-corrected chi connectivity index (χ0v) is 14.3. The number of rotatable bonds is 5. The van der Waals surface area contributed by atoms with Crippen molar-refractivity contribution < 1.29 is 18.7 Å². The summed E-state index contributed by atoms with van der Waals surface area (Å²) in [5.41, 5.74) is 1.09. The number of ether oxygens (including phenoxy) is 1. The number of hydrogen-bond donors (Lipinski definition) is 0. The molecule has 6 nitrogen and oxygen atoms in total. The smallest absolute Gasteiger partial charge is 0.289 e. The topological polar surface area (TPSA) is 63.0 Å². The lowest BCUT2D eigenvalue weighted by Gasteiger charge is -2.34. The number of hydrogen-bond acceptors (Lipinski definition) is 4. The van der Waals surface area contributed by atoms with Crippen LogP contribution in [-0.2, 0) is 11.2 Å². The monoisotopic (exact) mass is 342 g/mol. The van der Waals surface area contributed by atoms with Gasteiger partial charge in [-0.05, 0) is 30.2 Å². The number of furan rings is 1. The molecule has 1 aliphatic rings. The standard InChI is InChI=1S/C19H22N2O4/c1-2-15-6-3-4-7-16(15)25-14-18(22)20-9-11-21(12-10-20)19(23)17-8-5-13-24-17/h3-8,13H,2,9-12,14H2,1H3. The zero-order chi connectivity index (χ0) is 17.6. The van der Waals surface area contributed by atoms with Crippen LogP contribution in [0.2, 0.25) is 0 Å². The molecular formula is C19H22N2O4. The van der Waals surface area contributed by atoms with Gasteiger partial charge in [-0.2, -0.15) is 0 Å². The Hall–Kier alpha value is -2.76. The van der Waals surface area contributed by atoms with Crippen LogP contribution in [0.15, 0.2) is 47.1 Å². The second-order valence-corrected chi connectivity index (χ2v) is 5.90. The second kappa shape index (κ2) is 7.88. The zero-order valence-electron chi connectivity index (χ0n) is 14.3. The molecule has 25 heavy (non-hydrogen) atoms. The average Bonchev–Trinajstić information content (AvgIpc) is 3.20. The van der Waals surface area contributed by atoms with Crippen LogP contribution >= 0.6 is 0 Å². The van der Waals surface area contributed by atoms with Gasteiger partial charge in [-0.15, -0.1) is 0 Å². The first-order valence-electron chi connectivity index (χ1n) is 8.50. The Morgan fingerprint density at radius 2 is 1.76 bits per heavy atom. The highest BCUT2D eigenvalue weighted by molar-refractivity contribution is 5.91. The van der Waals surface area contributed by atoms with Gasteiger partial charge in [-0.3, -0.25) is 9.59 Å². The summed E-state index contributed by atoms with van der Waals surface area (Å²) >= 11 is 0. The van der Waals surface area contributed by atoms with E-state index >= 15 is 0 Å². The number of piperazine rings is 1. The van der Waals surface area contributed by atoms with Crippen LogP contribution in [0.25, 0.3) is 0 Å². The number of nitrogens with zero attached hydrogens (tertiary/aromatic N) is 2. The van der Waals surface area contributed by atoms with Gasteiger partial charge in [0.15, 0.2) is 12.4 Å². The van der Waals surface area contributed by atoms with E-state index in [-0.39, 0.29) is 18.4 Å². The summed E-state index contributed by atoms with van der Waals surface area (Å²) in [6, 6.07) is 11.1. The average molecular weight is 342 g/mol. The Bertz CT molecular complexity index is 719. The lowest BCUT2D eigenvalue weighted by Crippen LogP contribution is -2.51. The quantitative estimate of drug-likeness (QED) is 0.836. The minimum atomic E-state index is -0.134. The third-order valence-corrected chi connectivity index (χ3v) is 4.36. The number of benzene rings is 1. The Balaban J connectivity index is 1.49. The molecule has 0 unspecified atom stereocenters. The summed E-state index contributed by atoms with van der Waals surface area (Å²) in [6.07, 6.45) is 2.34. The number of carbonyl (C=O) groups excluding carboxylic acids is 2. The van der Waals surface area contributed by atoms with Crippen LogP contribution in [0.1, 0.15) is 23.0 Å². The van der Waals surface area contributed by atoms with E-state index in [0.29, 0.717) is 31.9 Å². The van der Waals surface area contributed by atoms with E-state index < -0.39 is 0 Å². The molecule has 3 rings (SSSR count). The molecule has 1 saturated heterocycles. The SMILES string of the molecule is CCc1ccccc1OCC(=O)N1CCN(C(=O)c2ccco2)CC1. The number of para-hydroxylation sites is 1. The fraction of sp³-hybridized carbons (Fsp3) is 0.368. The van der Waals surface area contributed by atoms with Crippen molar-refractivity contribution in [2.75, 3.05) is 32.8 Å². The molecule has 6 heteroatoms. The molecule has 2 amide bonds. The van der Waals surface area contributed by atoms with E-state index in [9.17, 15) is 9.59 Å². The molecule has 0 spiro atoms. The molecule has 132 valence electrons. The first-order valence-corrected chi connectivity index (χ1v) is 8.50. The van der Waals surface area contributed by atoms with Crippen LogP contribution in [-0.4, -0.2) is 54.4 Å². The van der Waals surface area contributed by atoms with E-state index in [0.717, 1.165) is 17.7 Å². The van der Waals surface area contributed by atoms with Crippen LogP contribution in [0.5, 0.6) is 5.75 Å². The van der Waals surface area contributed by atoms with Crippen molar-refractivity contribution in [1.82, 2.24) is 9.80 Å². The molecule has 0 aliphatic carbocycles. The van der Waals surface area contributed by atoms with E-state index in [1.807, 2.05) is 24.3 Å². The Labute approximate surface area is 147 Å². The first kappa shape index (κ1) is 17.1. The van der Waals surface area contributed by atoms with Crippen LogP contribution in [0.3, 0.4) is 0 Å². The lowest BCUT2D eigenvalue weighted by atomic mass is 10.1. The van der Waals surface area contributed by atoms with Crippen LogP contribution < -0.4 is 4.74 Å². The van der Waals surface area contributed by atoms with Gasteiger partial charge in [-0.1, -0.05) is 25.1 Å². The maximum atomic E-state index is 12.4. The van der Waals surface area contributed by atoms with Gasteiger partial charge in [0.2, 0.25) is 0 Å². The van der Waals surface area contributed by atoms with E-state index in [2.05, 4.69) is 6.92 Å². The molecule has 1 aromatic carbocycles. The normalized spacial score (nSPS) is 14.4. The van der Waals surface area contributed by atoms with Gasteiger partial charge in [0.1, 0.15) is 5.75 Å². The largest absolute Gasteiger partial charge is 0.483 e. The predicted molar refractivity (Wildman–Crippen MR) is 92.5 cm³/mol. The van der Waals surface area contributed by atoms with Crippen LogP contribution in [0, 0.1) is 0 Å². The summed E-state index contributed by atoms with van der Waals surface area (Å²) in [7, 11) is 0. The lowest BCUT2D eigenvalue weighted by molar-refractivity contribution is -0.134. The van der Waals surface area contributed by atoms with Gasteiger partial charge >= 0.3 is 0 Å². The maximum absolute atomic E-state index is 12.4. The summed E-state index contributed by atoms with van der Waals surface area (Å²) in [6.45, 7) is 4.07. The van der Waals surface area contributed by atoms with Crippen LogP contribution in [0.4, 0.5) is 0 Å². The van der Waals surface area contributed by atoms with E-state index in [1.54, 1.807) is 21.9 Å². The Morgan fingerprint density at radius 1 is 1.04 bits per heavy atom. The summed E-state index contributed by atoms with van der Waals surface area (Å²) in [5.74, 6) is 0.894. The van der Waals surface area contributed by atoms with Crippen molar-refractivity contribution in [3.63, 3.8) is 0 Å². The molecule has 2 heterocycles. The Kier molecular flexibility index (Phi) is 5.38. The molecule has 0 radical (unpaired) electrons. The number of amides is 2. The molecule has 0 saturated carbocycles. The maximum Gasteiger partial charge on any atom is 0.289 e. The highest BCUT2D eigenvalue weighted by atomic mass is 16.5. The number of carbonyl (C=O) groups is 2. The van der Waals surface area contributed by atoms with Gasteiger partial charge in [-0.25, -0.2) is 0 Å². The molecule has 0 bridgehead atoms. The summed E-state index contributed by atoms with van der Waals surface area (Å²) in [5, 5.41) is 0. The van der Waals surface area contributed by atoms with Crippen molar-refractivity contribution in [3.05, 3.63) is 54.0 Å². The summed E-state index contributed by atoms with van der Waals surface area (Å²) in [4.78, 5) is 28.0. The highest BCUT2D eigenvalue weighted by Gasteiger charge is 2.26. The van der Waals surface area contributed by atoms with Crippen molar-refractivity contribution in [1.29, 1.82) is 0 Å². The van der Waals surface area contributed by atoms with Gasteiger partial charge in [0.25, 0.3) is 11.8 Å². The van der Waals surface area contributed by atoms with E-state index in [4.69, 9.17) is 9.15 Å². The fourth-order valence-corrected chi connectivity index (χ4v) is 2.88. The first-order chi connectivity index (χ1) is 12.2. The third kappa shape index (κ3) is 4.02. The van der Waals surface area contributed by atoms with Crippen molar-refractivity contribution in [2.24, 2.45) is 0 Å². The molecule has 1 fully saturated rings. The molecule has 1 aliphatic heterocycles.